The highest BCUT2D eigenvalue weighted by Crippen LogP contribution is 2.29. The maximum absolute atomic E-state index is 12.5. The number of nitrogens with zero attached hydrogens (tertiary/aromatic N) is 2. The van der Waals surface area contributed by atoms with Gasteiger partial charge in [-0.05, 0) is 19.1 Å². The molecule has 0 aliphatic heterocycles. The van der Waals surface area contributed by atoms with Crippen LogP contribution in [0.5, 0.6) is 0 Å². The molecule has 0 saturated heterocycles. The molecule has 2 N–H and O–H groups in total. The number of pyridine rings is 1. The largest absolute Gasteiger partial charge is 0.360 e. The number of aryl methyl sites for hydroxylation is 1. The molecule has 0 radical (unpaired) electrons. The summed E-state index contributed by atoms with van der Waals surface area (Å²) in [4.78, 5) is 12.5. The summed E-state index contributed by atoms with van der Waals surface area (Å²) in [6.07, 6.45) is 0. The van der Waals surface area contributed by atoms with E-state index in [-0.39, 0.29) is 5.56 Å². The van der Waals surface area contributed by atoms with Crippen molar-refractivity contribution < 1.29 is 4.52 Å². The summed E-state index contributed by atoms with van der Waals surface area (Å²) in [6.45, 7) is 2.51. The SMILES string of the molecule is Cc1onc2c1c(=O)n(CCN)c1cccc(Cl)c21. The van der Waals surface area contributed by atoms with Gasteiger partial charge in [-0.2, -0.15) is 0 Å². The summed E-state index contributed by atoms with van der Waals surface area (Å²) in [5, 5.41) is 5.70. The number of fused-ring (bicyclic) bond motifs is 3. The van der Waals surface area contributed by atoms with E-state index in [1.54, 1.807) is 23.6 Å². The maximum Gasteiger partial charge on any atom is 0.264 e. The molecule has 0 amide bonds. The second kappa shape index (κ2) is 4.36. The van der Waals surface area contributed by atoms with Crippen LogP contribution < -0.4 is 11.3 Å². The Morgan fingerprint density at radius 3 is 2.95 bits per heavy atom. The Morgan fingerprint density at radius 2 is 2.21 bits per heavy atom. The standard InChI is InChI=1S/C13H12ClN3O2/c1-7-10-12(16-19-7)11-8(14)3-2-4-9(11)17(6-5-15)13(10)18/h2-4H,5-6,15H2,1H3. The van der Waals surface area contributed by atoms with Gasteiger partial charge in [-0.15, -0.1) is 0 Å². The van der Waals surface area contributed by atoms with Gasteiger partial charge in [-0.25, -0.2) is 0 Å². The van der Waals surface area contributed by atoms with Crippen LogP contribution in [0.4, 0.5) is 0 Å². The number of benzene rings is 1. The van der Waals surface area contributed by atoms with Gasteiger partial charge in [0.25, 0.3) is 5.56 Å². The van der Waals surface area contributed by atoms with Crippen LogP contribution in [0.15, 0.2) is 27.5 Å². The van der Waals surface area contributed by atoms with Crippen LogP contribution in [0.1, 0.15) is 5.76 Å². The first-order chi connectivity index (χ1) is 9.15. The minimum absolute atomic E-state index is 0.144. The Kier molecular flexibility index (Phi) is 2.80. The fraction of sp³-hybridized carbons (Fsp3) is 0.231. The predicted octanol–water partition coefficient (Wildman–Crippen LogP) is 2.06. The zero-order valence-electron chi connectivity index (χ0n) is 10.3. The third-order valence-corrected chi connectivity index (χ3v) is 3.51. The Hall–Kier alpha value is -1.85. The van der Waals surface area contributed by atoms with E-state index in [1.165, 1.54) is 0 Å². The molecule has 2 heterocycles. The van der Waals surface area contributed by atoms with Crippen molar-refractivity contribution in [1.82, 2.24) is 9.72 Å². The highest BCUT2D eigenvalue weighted by Gasteiger charge is 2.18. The molecule has 0 aliphatic carbocycles. The van der Waals surface area contributed by atoms with E-state index < -0.39 is 0 Å². The molecule has 3 aromatic rings. The summed E-state index contributed by atoms with van der Waals surface area (Å²) >= 11 is 6.24. The summed E-state index contributed by atoms with van der Waals surface area (Å²) in [6, 6.07) is 5.40. The lowest BCUT2D eigenvalue weighted by molar-refractivity contribution is 0.406. The lowest BCUT2D eigenvalue weighted by Gasteiger charge is -2.10. The second-order valence-electron chi connectivity index (χ2n) is 4.34. The summed E-state index contributed by atoms with van der Waals surface area (Å²) in [5.41, 5.74) is 6.68. The lowest BCUT2D eigenvalue weighted by Crippen LogP contribution is -2.24. The van der Waals surface area contributed by atoms with Gasteiger partial charge < -0.3 is 14.8 Å². The Morgan fingerprint density at radius 1 is 1.42 bits per heavy atom. The molecule has 5 nitrogen and oxygen atoms in total. The van der Waals surface area contributed by atoms with Crippen molar-refractivity contribution in [1.29, 1.82) is 0 Å². The fourth-order valence-corrected chi connectivity index (χ4v) is 2.62. The normalized spacial score (nSPS) is 11.5. The molecule has 2 aromatic heterocycles. The minimum Gasteiger partial charge on any atom is -0.360 e. The highest BCUT2D eigenvalue weighted by molar-refractivity contribution is 6.37. The zero-order chi connectivity index (χ0) is 13.6. The van der Waals surface area contributed by atoms with Crippen LogP contribution in [-0.4, -0.2) is 16.3 Å². The monoisotopic (exact) mass is 277 g/mol. The maximum atomic E-state index is 12.5. The molecule has 0 atom stereocenters. The van der Waals surface area contributed by atoms with E-state index in [4.69, 9.17) is 21.9 Å². The van der Waals surface area contributed by atoms with Crippen LogP contribution >= 0.6 is 11.6 Å². The van der Waals surface area contributed by atoms with Crippen LogP contribution in [0.2, 0.25) is 5.02 Å². The van der Waals surface area contributed by atoms with Crippen molar-refractivity contribution >= 4 is 33.4 Å². The van der Waals surface area contributed by atoms with E-state index in [2.05, 4.69) is 5.16 Å². The first-order valence-electron chi connectivity index (χ1n) is 5.92. The first kappa shape index (κ1) is 12.2. The van der Waals surface area contributed by atoms with Gasteiger partial charge in [0.15, 0.2) is 0 Å². The third-order valence-electron chi connectivity index (χ3n) is 3.19. The molecule has 3 rings (SSSR count). The van der Waals surface area contributed by atoms with E-state index >= 15 is 0 Å². The van der Waals surface area contributed by atoms with E-state index in [9.17, 15) is 4.79 Å². The molecule has 0 saturated carbocycles. The number of nitrogens with two attached hydrogens (primary N) is 1. The van der Waals surface area contributed by atoms with Crippen LogP contribution in [0.25, 0.3) is 21.8 Å². The van der Waals surface area contributed by atoms with Crippen molar-refractivity contribution in [3.63, 3.8) is 0 Å². The zero-order valence-corrected chi connectivity index (χ0v) is 11.1. The quantitative estimate of drug-likeness (QED) is 0.778. The Balaban J connectivity index is 2.64. The smallest absolute Gasteiger partial charge is 0.264 e. The van der Waals surface area contributed by atoms with Crippen molar-refractivity contribution in [2.45, 2.75) is 13.5 Å². The number of hydrogen-bond donors (Lipinski definition) is 1. The second-order valence-corrected chi connectivity index (χ2v) is 4.75. The molecule has 98 valence electrons. The summed E-state index contributed by atoms with van der Waals surface area (Å²) in [5.74, 6) is 0.493. The lowest BCUT2D eigenvalue weighted by atomic mass is 10.1. The first-order valence-corrected chi connectivity index (χ1v) is 6.30. The summed E-state index contributed by atoms with van der Waals surface area (Å²) < 4.78 is 6.76. The van der Waals surface area contributed by atoms with Crippen LogP contribution in [-0.2, 0) is 6.54 Å². The van der Waals surface area contributed by atoms with E-state index in [1.807, 2.05) is 6.07 Å². The molecule has 0 unspecified atom stereocenters. The Bertz CT molecular complexity index is 835. The third kappa shape index (κ3) is 1.66. The van der Waals surface area contributed by atoms with Gasteiger partial charge >= 0.3 is 0 Å². The molecule has 6 heteroatoms. The van der Waals surface area contributed by atoms with Gasteiger partial charge in [-0.3, -0.25) is 4.79 Å². The van der Waals surface area contributed by atoms with Crippen molar-refractivity contribution in [3.8, 4) is 0 Å². The van der Waals surface area contributed by atoms with Crippen molar-refractivity contribution in [2.75, 3.05) is 6.54 Å². The molecule has 0 aliphatic rings. The molecule has 0 bridgehead atoms. The van der Waals surface area contributed by atoms with Gasteiger partial charge in [0.05, 0.1) is 10.5 Å². The molecule has 1 aromatic carbocycles. The fourth-order valence-electron chi connectivity index (χ4n) is 2.36. The average molecular weight is 278 g/mol. The minimum atomic E-state index is -0.144. The van der Waals surface area contributed by atoms with Crippen molar-refractivity contribution in [2.24, 2.45) is 5.73 Å². The van der Waals surface area contributed by atoms with Gasteiger partial charge in [0, 0.05) is 18.5 Å². The molecular formula is C13H12ClN3O2. The van der Waals surface area contributed by atoms with E-state index in [0.717, 1.165) is 10.9 Å². The molecule has 0 fully saturated rings. The van der Waals surface area contributed by atoms with Crippen LogP contribution in [0.3, 0.4) is 0 Å². The Labute approximate surface area is 113 Å². The molecular weight excluding hydrogens is 266 g/mol. The molecule has 19 heavy (non-hydrogen) atoms. The van der Waals surface area contributed by atoms with Gasteiger partial charge in [-0.1, -0.05) is 22.8 Å². The van der Waals surface area contributed by atoms with E-state index in [0.29, 0.717) is 34.8 Å². The predicted molar refractivity (Wildman–Crippen MR) is 74.6 cm³/mol. The van der Waals surface area contributed by atoms with Gasteiger partial charge in [0.2, 0.25) is 0 Å². The van der Waals surface area contributed by atoms with Crippen LogP contribution in [0, 0.1) is 6.92 Å². The highest BCUT2D eigenvalue weighted by atomic mass is 35.5. The number of aromatic nitrogens is 2. The average Bonchev–Trinajstić information content (AvgIpc) is 2.76. The number of rotatable bonds is 2. The molecule has 0 spiro atoms. The summed E-state index contributed by atoms with van der Waals surface area (Å²) in [7, 11) is 0. The van der Waals surface area contributed by atoms with Gasteiger partial charge in [0.1, 0.15) is 16.7 Å². The number of hydrogen-bond acceptors (Lipinski definition) is 4. The van der Waals surface area contributed by atoms with Crippen molar-refractivity contribution in [3.05, 3.63) is 39.3 Å². The number of halogens is 1. The topological polar surface area (TPSA) is 74.0 Å².